The van der Waals surface area contributed by atoms with Crippen molar-refractivity contribution in [2.24, 2.45) is 23.7 Å². The number of oxazole rings is 2. The third-order valence-corrected chi connectivity index (χ3v) is 33.5. The number of aryl methyl sites for hydroxylation is 7. The van der Waals surface area contributed by atoms with E-state index in [4.69, 9.17) is 52.1 Å². The second-order valence-electron chi connectivity index (χ2n) is 43.9. The van der Waals surface area contributed by atoms with E-state index in [1.807, 2.05) is 97.2 Å². The molecule has 5 aliphatic heterocycles. The summed E-state index contributed by atoms with van der Waals surface area (Å²) in [4.78, 5) is 58.4. The maximum absolute atomic E-state index is 10.3. The topological polar surface area (TPSA) is 400 Å². The van der Waals surface area contributed by atoms with Crippen LogP contribution < -0.4 is 51.1 Å². The minimum Gasteiger partial charge on any atom is -0.444 e. The van der Waals surface area contributed by atoms with Crippen LogP contribution in [0.25, 0.3) is 90.0 Å². The van der Waals surface area contributed by atoms with Crippen molar-refractivity contribution in [1.82, 2.24) is 91.9 Å². The molecule has 10 aliphatic rings. The minimum atomic E-state index is -0.198. The molecular weight excluding hydrogens is 1880 g/mol. The van der Waals surface area contributed by atoms with Gasteiger partial charge in [0.15, 0.2) is 17.5 Å². The maximum atomic E-state index is 10.3. The second kappa shape index (κ2) is 50.3. The summed E-state index contributed by atoms with van der Waals surface area (Å²) in [6, 6.07) is 39.4. The summed E-state index contributed by atoms with van der Waals surface area (Å²) in [6.45, 7) is 25.1. The molecular formula is C116H157N23O10. The molecule has 10 aromatic heterocycles. The first-order valence-electron chi connectivity index (χ1n) is 55.7. The Kier molecular flexibility index (Phi) is 35.8. The molecule has 15 heterocycles. The van der Waals surface area contributed by atoms with Crippen LogP contribution in [0, 0.1) is 72.1 Å². The van der Waals surface area contributed by atoms with Crippen LogP contribution in [0.2, 0.25) is 0 Å². The van der Waals surface area contributed by atoms with Crippen molar-refractivity contribution in [3.05, 3.63) is 168 Å². The number of aliphatic hydroxyl groups excluding tert-OH is 4. The summed E-state index contributed by atoms with van der Waals surface area (Å²) in [5.41, 5.74) is 11.4. The van der Waals surface area contributed by atoms with Crippen LogP contribution in [0.3, 0.4) is 0 Å². The Morgan fingerprint density at radius 3 is 1.07 bits per heavy atom. The highest BCUT2D eigenvalue weighted by Gasteiger charge is 2.42. The summed E-state index contributed by atoms with van der Waals surface area (Å²) in [5, 5.41) is 75.1. The Labute approximate surface area is 876 Å². The first-order chi connectivity index (χ1) is 72.8. The molecule has 149 heavy (non-hydrogen) atoms. The Balaban J connectivity index is 0.000000117. The van der Waals surface area contributed by atoms with Gasteiger partial charge in [0.1, 0.15) is 41.6 Å². The Morgan fingerprint density at radius 2 is 0.691 bits per heavy atom. The second-order valence-corrected chi connectivity index (χ2v) is 43.9. The van der Waals surface area contributed by atoms with Gasteiger partial charge >= 0.3 is 0 Å². The number of piperidine rings is 5. The van der Waals surface area contributed by atoms with Crippen molar-refractivity contribution in [2.45, 2.75) is 308 Å². The molecule has 23 rings (SSSR count). The number of fused-ring (bicyclic) bond motifs is 3. The van der Waals surface area contributed by atoms with Gasteiger partial charge in [-0.15, -0.1) is 0 Å². The predicted molar refractivity (Wildman–Crippen MR) is 584 cm³/mol. The third kappa shape index (κ3) is 26.0. The fourth-order valence-electron chi connectivity index (χ4n) is 24.6. The van der Waals surface area contributed by atoms with E-state index in [0.717, 1.165) is 216 Å². The number of methoxy groups -OCH3 is 1. The highest BCUT2D eigenvalue weighted by Crippen LogP contribution is 2.43. The summed E-state index contributed by atoms with van der Waals surface area (Å²) < 4.78 is 33.7. The molecule has 0 spiro atoms. The number of benzene rings is 3. The quantitative estimate of drug-likeness (QED) is 0.0257. The van der Waals surface area contributed by atoms with Crippen LogP contribution in [-0.2, 0) is 4.74 Å². The number of hydrogen-bond donors (Lipinski definition) is 9. The van der Waals surface area contributed by atoms with E-state index >= 15 is 0 Å². The molecule has 0 radical (unpaired) electrons. The molecule has 5 saturated heterocycles. The molecule has 33 nitrogen and oxygen atoms in total. The summed E-state index contributed by atoms with van der Waals surface area (Å²) >= 11 is 0. The van der Waals surface area contributed by atoms with Crippen molar-refractivity contribution in [1.29, 1.82) is 0 Å². The molecule has 13 aromatic rings. The van der Waals surface area contributed by atoms with E-state index in [1.165, 1.54) is 148 Å². The van der Waals surface area contributed by atoms with Crippen molar-refractivity contribution in [3.8, 4) is 57.3 Å². The van der Waals surface area contributed by atoms with Gasteiger partial charge in [0.25, 0.3) is 17.7 Å². The molecule has 0 amide bonds. The highest BCUT2D eigenvalue weighted by molar-refractivity contribution is 5.90. The van der Waals surface area contributed by atoms with Crippen LogP contribution in [0.4, 0.5) is 29.1 Å². The Bertz CT molecular complexity index is 6270. The van der Waals surface area contributed by atoms with Crippen molar-refractivity contribution >= 4 is 61.8 Å². The van der Waals surface area contributed by atoms with Gasteiger partial charge in [0.2, 0.25) is 11.8 Å². The lowest BCUT2D eigenvalue weighted by Gasteiger charge is -2.44. The first kappa shape index (κ1) is 106. The first-order valence-corrected chi connectivity index (χ1v) is 55.7. The zero-order valence-electron chi connectivity index (χ0n) is 88.9. The molecule has 3 aromatic carbocycles. The lowest BCUT2D eigenvalue weighted by molar-refractivity contribution is 0.0534. The molecule has 5 aliphatic carbocycles. The smallest absolute Gasteiger partial charge is 0.261 e. The fourth-order valence-corrected chi connectivity index (χ4v) is 24.6. The van der Waals surface area contributed by atoms with Crippen molar-refractivity contribution in [2.75, 3.05) is 123 Å². The summed E-state index contributed by atoms with van der Waals surface area (Å²) in [6.07, 6.45) is 42.4. The molecule has 9 N–H and O–H groups in total. The standard InChI is InChI=1S/C24H31N5O2.2C24H30N4O2.C23H35N5O2.C21H31N5O2/c1-17-25-23(31-28-17)20-15-18-7-5-6-10-21(18)26-22(20)29-13-11-24(16-30,12-14-29)27-19-8-3-2-4-9-19;1-29-22-16-28(13-11-21(22)26-18-8-3-2-4-9-18)23-19(24-25-12-14-30-24)15-17-7-5-6-10-20(17)27-23;29-16-18-15-28(12-10-22(18)26-19-7-2-1-3-8-19)23-20(24-25-11-13-30-24)14-17-6-4-5-9-21(17)27-23;1-14-7-5-6-8-20(14)26-21-9-10-28(12-18(21)13-29)22-19(11-15(2)16(3)24-22)23-25-17(4)27-30-23;1-13-10-18(21-23-15(3)25-28-21)20(22-14(13)2)26-9-8-19(16(11-26)12-27)24-17-6-4-5-7-17/h5-7,10,15,19,27,30H,2-4,8-9,11-14,16H2,1H3;5-7,10,12,14-15,18,21-22,26H,2-4,8-9,11,13,16H2,1H3;4-6,9,11,13-14,18-19,22,26,29H,1-3,7-8,10,12,15-16H2;11,14,18,20-21,26,29H,5-10,12-13H2,1-4H3;10,16-17,19,24,27H,4-9,11-12H2,1-3H3. The highest BCUT2D eigenvalue weighted by atomic mass is 16.5. The van der Waals surface area contributed by atoms with Gasteiger partial charge in [0, 0.05) is 198 Å². The summed E-state index contributed by atoms with van der Waals surface area (Å²) in [7, 11) is 1.83. The van der Waals surface area contributed by atoms with Crippen LogP contribution in [0.1, 0.15) is 233 Å². The van der Waals surface area contributed by atoms with Crippen LogP contribution in [-0.4, -0.2) is 251 Å². The van der Waals surface area contributed by atoms with E-state index in [2.05, 4.69) is 160 Å². The predicted octanol–water partition coefficient (Wildman–Crippen LogP) is 18.4. The summed E-state index contributed by atoms with van der Waals surface area (Å²) in [5.74, 6) is 10.3. The minimum absolute atomic E-state index is 0.131. The van der Waals surface area contributed by atoms with E-state index in [1.54, 1.807) is 24.9 Å². The number of aromatic nitrogens is 13. The molecule has 796 valence electrons. The van der Waals surface area contributed by atoms with E-state index < -0.39 is 0 Å². The number of nitrogens with zero attached hydrogens (tertiary/aromatic N) is 18. The lowest BCUT2D eigenvalue weighted by atomic mass is 9.83. The fraction of sp³-hybridized carbons (Fsp3) is 0.578. The molecule has 33 heteroatoms. The normalized spacial score (nSPS) is 23.4. The lowest BCUT2D eigenvalue weighted by Crippen LogP contribution is -2.59. The van der Waals surface area contributed by atoms with Gasteiger partial charge in [-0.3, -0.25) is 0 Å². The molecule has 10 fully saturated rings. The number of anilines is 5. The number of nitrogens with one attached hydrogen (secondary N) is 5. The number of para-hydroxylation sites is 3. The van der Waals surface area contributed by atoms with Gasteiger partial charge in [-0.25, -0.2) is 34.9 Å². The molecule has 5 saturated carbocycles. The number of pyridine rings is 5. The average Bonchev–Trinajstić information content (AvgIpc) is 1.51. The van der Waals surface area contributed by atoms with E-state index in [-0.39, 0.29) is 55.8 Å². The van der Waals surface area contributed by atoms with Crippen LogP contribution in [0.5, 0.6) is 0 Å². The third-order valence-electron chi connectivity index (χ3n) is 33.5. The monoisotopic (exact) mass is 2030 g/mol. The number of aliphatic hydroxyl groups is 4. The number of hydrogen-bond acceptors (Lipinski definition) is 33. The average molecular weight is 2030 g/mol. The molecule has 10 atom stereocenters. The SMILES string of the molecule is COC1CN(c2nc3ccccc3cc2-c2ncco2)CCC1NC1CCCCC1.Cc1noc(-c2cc(C)c(C)nc2N2CCC(NC3CCCC3)C(CO)C2)n1.Cc1noc(-c2cc(C)c(C)nc2N2CCC(NC3CCCCC3C)C(CO)C2)n1.Cc1noc(-c2cc3ccccc3nc2N2CCC(CO)(NC3CCCCC3)CC2)n1.OCC1CN(c2nc3ccccc3cc2-c2ncco2)CCC1NC1CCCCC1. The molecule has 10 unspecified atom stereocenters. The Morgan fingerprint density at radius 1 is 0.349 bits per heavy atom. The van der Waals surface area contributed by atoms with Gasteiger partial charge in [0.05, 0.1) is 69.5 Å². The largest absolute Gasteiger partial charge is 0.444 e. The number of ether oxygens (including phenoxy) is 1. The maximum Gasteiger partial charge on any atom is 0.261 e. The Hall–Kier alpha value is -11.4. The van der Waals surface area contributed by atoms with Gasteiger partial charge < -0.3 is 98.7 Å². The van der Waals surface area contributed by atoms with Gasteiger partial charge in [-0.2, -0.15) is 15.0 Å². The van der Waals surface area contributed by atoms with Crippen LogP contribution in [0.15, 0.2) is 150 Å². The van der Waals surface area contributed by atoms with E-state index in [9.17, 15) is 20.4 Å². The van der Waals surface area contributed by atoms with Gasteiger partial charge in [-0.05, 0) is 217 Å². The number of rotatable bonds is 25. The van der Waals surface area contributed by atoms with Crippen molar-refractivity contribution < 1.29 is 47.6 Å². The van der Waals surface area contributed by atoms with E-state index in [0.29, 0.717) is 107 Å². The van der Waals surface area contributed by atoms with Gasteiger partial charge in [-0.1, -0.05) is 160 Å². The zero-order valence-corrected chi connectivity index (χ0v) is 88.9. The molecule has 0 bridgehead atoms. The van der Waals surface area contributed by atoms with Crippen LogP contribution >= 0.6 is 0 Å². The zero-order chi connectivity index (χ0) is 103. The van der Waals surface area contributed by atoms with Crippen molar-refractivity contribution in [3.63, 3.8) is 0 Å².